The van der Waals surface area contributed by atoms with Crippen LogP contribution in [0.4, 0.5) is 11.8 Å². The molecule has 4 aromatic rings. The number of aromatic nitrogens is 4. The predicted octanol–water partition coefficient (Wildman–Crippen LogP) is 3.47. The molecule has 4 rings (SSSR count). The molecule has 3 heterocycles. The van der Waals surface area contributed by atoms with Gasteiger partial charge in [-0.1, -0.05) is 6.07 Å². The van der Waals surface area contributed by atoms with Crippen LogP contribution in [0.2, 0.25) is 0 Å². The minimum Gasteiger partial charge on any atom is -0.508 e. The highest BCUT2D eigenvalue weighted by atomic mass is 16.5. The van der Waals surface area contributed by atoms with Crippen molar-refractivity contribution >= 4 is 22.8 Å². The van der Waals surface area contributed by atoms with E-state index >= 15 is 0 Å². The Balaban J connectivity index is 1.80. The minimum absolute atomic E-state index is 0.153. The predicted molar refractivity (Wildman–Crippen MR) is 115 cm³/mol. The van der Waals surface area contributed by atoms with Gasteiger partial charge in [-0.3, -0.25) is 9.36 Å². The maximum absolute atomic E-state index is 13.1. The Bertz CT molecular complexity index is 1310. The van der Waals surface area contributed by atoms with Gasteiger partial charge in [0.05, 0.1) is 13.3 Å². The van der Waals surface area contributed by atoms with Crippen molar-refractivity contribution in [3.05, 3.63) is 64.2 Å². The van der Waals surface area contributed by atoms with Crippen molar-refractivity contribution < 1.29 is 9.84 Å². The molecule has 1 aromatic carbocycles. The minimum atomic E-state index is -0.202. The standard InChI is InChI=1S/C22H21N5O3/c1-12-5-7-17(28)13(2)19(12)16-9-14-10-24-22(26-20(14)27(3)21(16)29)25-18-8-6-15(30-4)11-23-18/h5-11,28H,1-4H3,(H,23,24,25,26). The van der Waals surface area contributed by atoms with Crippen LogP contribution in [0.1, 0.15) is 11.1 Å². The molecule has 0 saturated carbocycles. The fourth-order valence-electron chi connectivity index (χ4n) is 3.43. The first kappa shape index (κ1) is 19.4. The zero-order valence-electron chi connectivity index (χ0n) is 17.1. The van der Waals surface area contributed by atoms with Gasteiger partial charge in [-0.25, -0.2) is 9.97 Å². The number of nitrogens with zero attached hydrogens (tertiary/aromatic N) is 4. The van der Waals surface area contributed by atoms with E-state index in [4.69, 9.17) is 4.74 Å². The first-order valence-electron chi connectivity index (χ1n) is 9.32. The Kier molecular flexibility index (Phi) is 4.83. The Hall–Kier alpha value is -3.94. The molecule has 30 heavy (non-hydrogen) atoms. The lowest BCUT2D eigenvalue weighted by Gasteiger charge is -2.14. The fourth-order valence-corrected chi connectivity index (χ4v) is 3.43. The SMILES string of the molecule is COc1ccc(Nc2ncc3cc(-c4c(C)ccc(O)c4C)c(=O)n(C)c3n2)nc1. The molecule has 8 heteroatoms. The van der Waals surface area contributed by atoms with Crippen molar-refractivity contribution in [3.8, 4) is 22.6 Å². The van der Waals surface area contributed by atoms with Crippen molar-refractivity contribution in [3.63, 3.8) is 0 Å². The number of rotatable bonds is 4. The number of hydrogen-bond acceptors (Lipinski definition) is 7. The van der Waals surface area contributed by atoms with Crippen LogP contribution >= 0.6 is 0 Å². The van der Waals surface area contributed by atoms with E-state index in [-0.39, 0.29) is 11.3 Å². The smallest absolute Gasteiger partial charge is 0.259 e. The first-order valence-corrected chi connectivity index (χ1v) is 9.32. The number of aryl methyl sites for hydroxylation is 2. The lowest BCUT2D eigenvalue weighted by molar-refractivity contribution is 0.413. The largest absolute Gasteiger partial charge is 0.508 e. The molecule has 0 amide bonds. The molecule has 2 N–H and O–H groups in total. The van der Waals surface area contributed by atoms with E-state index in [0.717, 1.165) is 11.1 Å². The number of methoxy groups -OCH3 is 1. The third-order valence-corrected chi connectivity index (χ3v) is 5.07. The average molecular weight is 403 g/mol. The van der Waals surface area contributed by atoms with Crippen molar-refractivity contribution in [2.45, 2.75) is 13.8 Å². The summed E-state index contributed by atoms with van der Waals surface area (Å²) in [5, 5.41) is 13.9. The zero-order valence-corrected chi connectivity index (χ0v) is 17.1. The van der Waals surface area contributed by atoms with E-state index < -0.39 is 0 Å². The monoisotopic (exact) mass is 403 g/mol. The van der Waals surface area contributed by atoms with E-state index in [1.54, 1.807) is 63.8 Å². The highest BCUT2D eigenvalue weighted by Gasteiger charge is 2.16. The number of aromatic hydroxyl groups is 1. The number of pyridine rings is 2. The summed E-state index contributed by atoms with van der Waals surface area (Å²) in [5.74, 6) is 1.68. The van der Waals surface area contributed by atoms with Gasteiger partial charge >= 0.3 is 0 Å². The fraction of sp³-hybridized carbons (Fsp3) is 0.182. The summed E-state index contributed by atoms with van der Waals surface area (Å²) in [5.41, 5.74) is 3.08. The summed E-state index contributed by atoms with van der Waals surface area (Å²) in [4.78, 5) is 26.2. The van der Waals surface area contributed by atoms with Crippen LogP contribution in [0.5, 0.6) is 11.5 Å². The second-order valence-electron chi connectivity index (χ2n) is 7.00. The van der Waals surface area contributed by atoms with Gasteiger partial charge in [-0.2, -0.15) is 4.98 Å². The van der Waals surface area contributed by atoms with Gasteiger partial charge in [0.15, 0.2) is 0 Å². The molecule has 152 valence electrons. The Labute approximate surface area is 172 Å². The van der Waals surface area contributed by atoms with Crippen LogP contribution in [-0.2, 0) is 7.05 Å². The number of anilines is 2. The quantitative estimate of drug-likeness (QED) is 0.538. The van der Waals surface area contributed by atoms with Gasteiger partial charge in [-0.05, 0) is 54.8 Å². The lowest BCUT2D eigenvalue weighted by Crippen LogP contribution is -2.20. The molecule has 0 aliphatic carbocycles. The van der Waals surface area contributed by atoms with Gasteiger partial charge in [0, 0.05) is 24.2 Å². The van der Waals surface area contributed by atoms with Crippen molar-refractivity contribution in [2.24, 2.45) is 7.05 Å². The van der Waals surface area contributed by atoms with Crippen LogP contribution in [0.25, 0.3) is 22.2 Å². The van der Waals surface area contributed by atoms with Gasteiger partial charge in [0.1, 0.15) is 23.0 Å². The normalized spacial score (nSPS) is 10.9. The van der Waals surface area contributed by atoms with Crippen LogP contribution < -0.4 is 15.6 Å². The summed E-state index contributed by atoms with van der Waals surface area (Å²) in [6, 6.07) is 8.72. The van der Waals surface area contributed by atoms with E-state index in [1.807, 2.05) is 6.92 Å². The molecule has 0 unspecified atom stereocenters. The topological polar surface area (TPSA) is 102 Å². The summed E-state index contributed by atoms with van der Waals surface area (Å²) < 4.78 is 6.59. The van der Waals surface area contributed by atoms with E-state index in [0.29, 0.717) is 39.7 Å². The third-order valence-electron chi connectivity index (χ3n) is 5.07. The molecule has 0 bridgehead atoms. The van der Waals surface area contributed by atoms with Gasteiger partial charge in [-0.15, -0.1) is 0 Å². The molecule has 0 saturated heterocycles. The van der Waals surface area contributed by atoms with Crippen molar-refractivity contribution in [2.75, 3.05) is 12.4 Å². The van der Waals surface area contributed by atoms with Gasteiger partial charge in [0.2, 0.25) is 5.95 Å². The van der Waals surface area contributed by atoms with Crippen LogP contribution in [-0.4, -0.2) is 31.7 Å². The molecule has 0 aliphatic heterocycles. The first-order chi connectivity index (χ1) is 14.4. The van der Waals surface area contributed by atoms with Gasteiger partial charge < -0.3 is 15.2 Å². The highest BCUT2D eigenvalue weighted by molar-refractivity contribution is 5.84. The Morgan fingerprint density at radius 1 is 1.10 bits per heavy atom. The zero-order chi connectivity index (χ0) is 21.4. The molecular weight excluding hydrogens is 382 g/mol. The molecule has 0 atom stereocenters. The Morgan fingerprint density at radius 3 is 2.60 bits per heavy atom. The van der Waals surface area contributed by atoms with Crippen molar-refractivity contribution in [1.29, 1.82) is 0 Å². The summed E-state index contributed by atoms with van der Waals surface area (Å²) in [6.45, 7) is 3.71. The van der Waals surface area contributed by atoms with Crippen LogP contribution in [0.15, 0.2) is 47.5 Å². The lowest BCUT2D eigenvalue weighted by atomic mass is 9.95. The second-order valence-corrected chi connectivity index (χ2v) is 7.00. The summed E-state index contributed by atoms with van der Waals surface area (Å²) in [6.07, 6.45) is 3.25. The van der Waals surface area contributed by atoms with Crippen LogP contribution in [0.3, 0.4) is 0 Å². The summed E-state index contributed by atoms with van der Waals surface area (Å²) >= 11 is 0. The highest BCUT2D eigenvalue weighted by Crippen LogP contribution is 2.32. The molecule has 0 radical (unpaired) electrons. The van der Waals surface area contributed by atoms with Gasteiger partial charge in [0.25, 0.3) is 5.56 Å². The van der Waals surface area contributed by atoms with E-state index in [9.17, 15) is 9.90 Å². The number of benzene rings is 1. The van der Waals surface area contributed by atoms with E-state index in [2.05, 4.69) is 20.3 Å². The summed E-state index contributed by atoms with van der Waals surface area (Å²) in [7, 11) is 3.25. The molecule has 3 aromatic heterocycles. The van der Waals surface area contributed by atoms with Crippen molar-refractivity contribution in [1.82, 2.24) is 19.5 Å². The second kappa shape index (κ2) is 7.47. The maximum atomic E-state index is 13.1. The third kappa shape index (κ3) is 3.32. The maximum Gasteiger partial charge on any atom is 0.259 e. The number of hydrogen-bond donors (Lipinski definition) is 2. The van der Waals surface area contributed by atoms with E-state index in [1.165, 1.54) is 4.57 Å². The molecule has 8 nitrogen and oxygen atoms in total. The Morgan fingerprint density at radius 2 is 1.90 bits per heavy atom. The van der Waals surface area contributed by atoms with Crippen LogP contribution in [0, 0.1) is 13.8 Å². The molecular formula is C22H21N5O3. The number of fused-ring (bicyclic) bond motifs is 1. The molecule has 0 fully saturated rings. The number of phenols is 1. The number of phenolic OH excluding ortho intramolecular Hbond substituents is 1. The average Bonchev–Trinajstić information content (AvgIpc) is 2.75. The number of ether oxygens (including phenoxy) is 1. The molecule has 0 spiro atoms. The number of nitrogens with one attached hydrogen (secondary N) is 1. The molecule has 0 aliphatic rings.